The van der Waals surface area contributed by atoms with Crippen molar-refractivity contribution in [2.75, 3.05) is 0 Å². The summed E-state index contributed by atoms with van der Waals surface area (Å²) in [6, 6.07) is 6.41. The average molecular weight is 358 g/mol. The van der Waals surface area contributed by atoms with Crippen LogP contribution in [0.1, 0.15) is 29.9 Å². The molecule has 0 aliphatic rings. The van der Waals surface area contributed by atoms with Gasteiger partial charge in [0.1, 0.15) is 17.7 Å². The molecule has 1 heterocycles. The molecule has 2 rings (SSSR count). The van der Waals surface area contributed by atoms with Gasteiger partial charge in [-0.15, -0.1) is 11.3 Å². The van der Waals surface area contributed by atoms with E-state index in [1.165, 1.54) is 12.1 Å². The van der Waals surface area contributed by atoms with Gasteiger partial charge < -0.3 is 10.5 Å². The minimum Gasteiger partial charge on any atom is -0.483 e. The number of ether oxygens (including phenoxy) is 1. The summed E-state index contributed by atoms with van der Waals surface area (Å²) in [7, 11) is 0. The van der Waals surface area contributed by atoms with E-state index in [0.29, 0.717) is 5.75 Å². The molecule has 0 aliphatic heterocycles. The lowest BCUT2D eigenvalue weighted by molar-refractivity contribution is 0.173. The quantitative estimate of drug-likeness (QED) is 0.832. The molecule has 2 nitrogen and oxygen atoms in total. The first kappa shape index (κ1) is 15.5. The summed E-state index contributed by atoms with van der Waals surface area (Å²) in [5, 5.41) is 1.99. The molecule has 0 spiro atoms. The van der Waals surface area contributed by atoms with Gasteiger partial charge in [-0.05, 0) is 47.0 Å². The third kappa shape index (κ3) is 3.59. The highest BCUT2D eigenvalue weighted by molar-refractivity contribution is 9.10. The molecule has 0 aliphatic carbocycles. The van der Waals surface area contributed by atoms with Crippen LogP contribution in [-0.4, -0.2) is 6.04 Å². The van der Waals surface area contributed by atoms with Crippen LogP contribution in [0.5, 0.6) is 5.75 Å². The Morgan fingerprint density at radius 1 is 1.40 bits per heavy atom. The number of benzene rings is 1. The highest BCUT2D eigenvalue weighted by Gasteiger charge is 2.23. The maximum absolute atomic E-state index is 13.4. The Kier molecular flexibility index (Phi) is 5.18. The molecule has 0 amide bonds. The molecule has 0 saturated carbocycles. The van der Waals surface area contributed by atoms with Crippen LogP contribution >= 0.6 is 27.3 Å². The summed E-state index contributed by atoms with van der Waals surface area (Å²) in [5.41, 5.74) is 7.07. The molecular weight excluding hydrogens is 341 g/mol. The summed E-state index contributed by atoms with van der Waals surface area (Å²) >= 11 is 5.02. The van der Waals surface area contributed by atoms with Gasteiger partial charge in [0.25, 0.3) is 0 Å². The van der Waals surface area contributed by atoms with Gasteiger partial charge in [-0.3, -0.25) is 0 Å². The van der Waals surface area contributed by atoms with Crippen molar-refractivity contribution < 1.29 is 9.13 Å². The van der Waals surface area contributed by atoms with Crippen molar-refractivity contribution in [2.24, 2.45) is 5.73 Å². The van der Waals surface area contributed by atoms with E-state index in [2.05, 4.69) is 15.9 Å². The largest absolute Gasteiger partial charge is 0.483 e. The standard InChI is InChI=1S/C15H17BrFNOS/c1-3-12(18)15(14-6-10(16)8-20-14)19-13-7-11(17)5-4-9(13)2/h4-8,12,15H,3,18H2,1-2H3. The lowest BCUT2D eigenvalue weighted by Gasteiger charge is -2.24. The lowest BCUT2D eigenvalue weighted by Crippen LogP contribution is -2.31. The summed E-state index contributed by atoms with van der Waals surface area (Å²) in [6.45, 7) is 3.91. The van der Waals surface area contributed by atoms with Crippen molar-refractivity contribution in [3.8, 4) is 5.75 Å². The second-order valence-electron chi connectivity index (χ2n) is 4.69. The monoisotopic (exact) mass is 357 g/mol. The van der Waals surface area contributed by atoms with Crippen LogP contribution in [0, 0.1) is 12.7 Å². The van der Waals surface area contributed by atoms with Crippen LogP contribution in [-0.2, 0) is 0 Å². The summed E-state index contributed by atoms with van der Waals surface area (Å²) in [6.07, 6.45) is 0.519. The summed E-state index contributed by atoms with van der Waals surface area (Å²) < 4.78 is 20.4. The van der Waals surface area contributed by atoms with Crippen molar-refractivity contribution >= 4 is 27.3 Å². The fourth-order valence-electron chi connectivity index (χ4n) is 1.89. The van der Waals surface area contributed by atoms with Gasteiger partial charge in [0.2, 0.25) is 0 Å². The summed E-state index contributed by atoms with van der Waals surface area (Å²) in [4.78, 5) is 1.04. The van der Waals surface area contributed by atoms with E-state index in [1.54, 1.807) is 17.4 Å². The normalized spacial score (nSPS) is 14.1. The third-order valence-corrected chi connectivity index (χ3v) is 4.89. The topological polar surface area (TPSA) is 35.2 Å². The molecule has 108 valence electrons. The molecule has 20 heavy (non-hydrogen) atoms. The predicted octanol–water partition coefficient (Wildman–Crippen LogP) is 4.82. The van der Waals surface area contributed by atoms with E-state index >= 15 is 0 Å². The minimum atomic E-state index is -0.304. The van der Waals surface area contributed by atoms with Crippen LogP contribution in [0.3, 0.4) is 0 Å². The Hall–Kier alpha value is -0.910. The fourth-order valence-corrected chi connectivity index (χ4v) is 3.43. The Morgan fingerprint density at radius 2 is 2.15 bits per heavy atom. The van der Waals surface area contributed by atoms with Crippen molar-refractivity contribution in [3.05, 3.63) is 50.4 Å². The second-order valence-corrected chi connectivity index (χ2v) is 6.55. The van der Waals surface area contributed by atoms with E-state index in [0.717, 1.165) is 21.3 Å². The van der Waals surface area contributed by atoms with Crippen molar-refractivity contribution in [1.29, 1.82) is 0 Å². The fraction of sp³-hybridized carbons (Fsp3) is 0.333. The van der Waals surface area contributed by atoms with Crippen LogP contribution < -0.4 is 10.5 Å². The smallest absolute Gasteiger partial charge is 0.148 e. The first-order chi connectivity index (χ1) is 9.51. The van der Waals surface area contributed by atoms with Crippen LogP contribution in [0.2, 0.25) is 0 Å². The Labute approximate surface area is 130 Å². The maximum Gasteiger partial charge on any atom is 0.148 e. The first-order valence-electron chi connectivity index (χ1n) is 6.43. The number of rotatable bonds is 5. The van der Waals surface area contributed by atoms with E-state index in [1.807, 2.05) is 25.3 Å². The van der Waals surface area contributed by atoms with Crippen LogP contribution in [0.4, 0.5) is 4.39 Å². The van der Waals surface area contributed by atoms with Crippen molar-refractivity contribution in [1.82, 2.24) is 0 Å². The minimum absolute atomic E-state index is 0.136. The molecule has 2 unspecified atom stereocenters. The van der Waals surface area contributed by atoms with Gasteiger partial charge in [0.05, 0.1) is 0 Å². The van der Waals surface area contributed by atoms with Gasteiger partial charge >= 0.3 is 0 Å². The Balaban J connectivity index is 2.30. The number of nitrogens with two attached hydrogens (primary N) is 1. The zero-order chi connectivity index (χ0) is 14.7. The number of aryl methyl sites for hydroxylation is 1. The highest BCUT2D eigenvalue weighted by Crippen LogP contribution is 2.33. The highest BCUT2D eigenvalue weighted by atomic mass is 79.9. The number of hydrogen-bond donors (Lipinski definition) is 1. The van der Waals surface area contributed by atoms with Gasteiger partial charge in [0.15, 0.2) is 0 Å². The molecule has 0 bridgehead atoms. The maximum atomic E-state index is 13.4. The van der Waals surface area contributed by atoms with Gasteiger partial charge in [-0.2, -0.15) is 0 Å². The van der Waals surface area contributed by atoms with Crippen molar-refractivity contribution in [3.63, 3.8) is 0 Å². The molecule has 0 radical (unpaired) electrons. The number of hydrogen-bond acceptors (Lipinski definition) is 3. The molecule has 2 N–H and O–H groups in total. The van der Waals surface area contributed by atoms with Gasteiger partial charge in [-0.25, -0.2) is 4.39 Å². The molecule has 2 atom stereocenters. The average Bonchev–Trinajstić information content (AvgIpc) is 2.85. The van der Waals surface area contributed by atoms with Crippen LogP contribution in [0.15, 0.2) is 34.1 Å². The van der Waals surface area contributed by atoms with Crippen LogP contribution in [0.25, 0.3) is 0 Å². The van der Waals surface area contributed by atoms with Crippen molar-refractivity contribution in [2.45, 2.75) is 32.4 Å². The van der Waals surface area contributed by atoms with E-state index < -0.39 is 0 Å². The number of thiophene rings is 1. The van der Waals surface area contributed by atoms with Gasteiger partial charge in [-0.1, -0.05) is 13.0 Å². The van der Waals surface area contributed by atoms with E-state index in [4.69, 9.17) is 10.5 Å². The zero-order valence-electron chi connectivity index (χ0n) is 11.4. The first-order valence-corrected chi connectivity index (χ1v) is 8.11. The third-order valence-electron chi connectivity index (χ3n) is 3.13. The van der Waals surface area contributed by atoms with E-state index in [9.17, 15) is 4.39 Å². The molecule has 2 aromatic rings. The SMILES string of the molecule is CCC(N)C(Oc1cc(F)ccc1C)c1cc(Br)cs1. The molecule has 0 fully saturated rings. The number of halogens is 2. The Morgan fingerprint density at radius 3 is 2.75 bits per heavy atom. The zero-order valence-corrected chi connectivity index (χ0v) is 13.8. The molecule has 0 saturated heterocycles. The molecular formula is C15H17BrFNOS. The van der Waals surface area contributed by atoms with E-state index in [-0.39, 0.29) is 18.0 Å². The second kappa shape index (κ2) is 6.70. The molecule has 1 aromatic heterocycles. The Bertz CT molecular complexity index is 587. The van der Waals surface area contributed by atoms with Gasteiger partial charge in [0, 0.05) is 26.8 Å². The predicted molar refractivity (Wildman–Crippen MR) is 84.8 cm³/mol. The summed E-state index contributed by atoms with van der Waals surface area (Å²) in [5.74, 6) is 0.241. The lowest BCUT2D eigenvalue weighted by atomic mass is 10.1. The molecule has 5 heteroatoms. The molecule has 1 aromatic carbocycles.